The lowest BCUT2D eigenvalue weighted by molar-refractivity contribution is -0.113. The molecular weight excluding hydrogens is 471 g/mol. The highest BCUT2D eigenvalue weighted by Gasteiger charge is 2.33. The minimum absolute atomic E-state index is 0.139. The molecule has 3 aromatic rings. The minimum Gasteiger partial charge on any atom is -0.497 e. The molecule has 0 unspecified atom stereocenters. The fraction of sp³-hybridized carbons (Fsp3) is 0.130. The first-order valence-corrected chi connectivity index (χ1v) is 11.3. The molecule has 1 amide bonds. The first-order valence-electron chi connectivity index (χ1n) is 9.36. The summed E-state index contributed by atoms with van der Waals surface area (Å²) in [7, 11) is 1.60. The van der Waals surface area contributed by atoms with Crippen LogP contribution in [0.3, 0.4) is 0 Å². The van der Waals surface area contributed by atoms with Crippen LogP contribution < -0.4 is 9.64 Å². The molecule has 158 valence electrons. The van der Waals surface area contributed by atoms with E-state index in [0.29, 0.717) is 25.0 Å². The van der Waals surface area contributed by atoms with Crippen molar-refractivity contribution in [2.24, 2.45) is 0 Å². The molecule has 31 heavy (non-hydrogen) atoms. The Morgan fingerprint density at radius 1 is 1.00 bits per heavy atom. The van der Waals surface area contributed by atoms with Crippen LogP contribution in [-0.2, 0) is 4.79 Å². The van der Waals surface area contributed by atoms with Crippen LogP contribution in [0.25, 0.3) is 11.8 Å². The van der Waals surface area contributed by atoms with E-state index in [1.807, 2.05) is 62.4 Å². The molecule has 0 aliphatic carbocycles. The van der Waals surface area contributed by atoms with Crippen molar-refractivity contribution in [2.75, 3.05) is 12.0 Å². The van der Waals surface area contributed by atoms with Gasteiger partial charge in [0.05, 0.1) is 27.7 Å². The lowest BCUT2D eigenvalue weighted by Gasteiger charge is -2.14. The Hall–Kier alpha value is -2.25. The smallest absolute Gasteiger partial charge is 0.270 e. The van der Waals surface area contributed by atoms with Crippen LogP contribution in [0.5, 0.6) is 5.75 Å². The summed E-state index contributed by atoms with van der Waals surface area (Å²) in [6.45, 7) is 4.01. The minimum atomic E-state index is -0.139. The number of carbonyl (C=O) groups excluding carboxylic acids is 1. The Morgan fingerprint density at radius 2 is 1.68 bits per heavy atom. The fourth-order valence-corrected chi connectivity index (χ4v) is 5.10. The van der Waals surface area contributed by atoms with Crippen molar-refractivity contribution in [3.63, 3.8) is 0 Å². The van der Waals surface area contributed by atoms with Gasteiger partial charge in [0.2, 0.25) is 0 Å². The normalized spacial score (nSPS) is 15.3. The van der Waals surface area contributed by atoms with Gasteiger partial charge in [-0.1, -0.05) is 47.2 Å². The van der Waals surface area contributed by atoms with Gasteiger partial charge in [0.15, 0.2) is 4.32 Å². The van der Waals surface area contributed by atoms with Crippen LogP contribution >= 0.6 is 47.2 Å². The number of hydrogen-bond acceptors (Lipinski definition) is 4. The highest BCUT2D eigenvalue weighted by atomic mass is 35.5. The summed E-state index contributed by atoms with van der Waals surface area (Å²) in [4.78, 5) is 15.2. The molecule has 1 aromatic heterocycles. The third-order valence-corrected chi connectivity index (χ3v) is 7.08. The van der Waals surface area contributed by atoms with Crippen molar-refractivity contribution in [1.29, 1.82) is 0 Å². The summed E-state index contributed by atoms with van der Waals surface area (Å²) < 4.78 is 7.77. The van der Waals surface area contributed by atoms with Crippen LogP contribution in [0.4, 0.5) is 5.69 Å². The molecule has 1 fully saturated rings. The highest BCUT2D eigenvalue weighted by Crippen LogP contribution is 2.37. The number of anilines is 1. The summed E-state index contributed by atoms with van der Waals surface area (Å²) in [5.41, 5.74) is 4.58. The number of ether oxygens (including phenoxy) is 1. The number of rotatable bonds is 4. The summed E-state index contributed by atoms with van der Waals surface area (Å²) in [6.07, 6.45) is 1.89. The van der Waals surface area contributed by atoms with Gasteiger partial charge in [0.25, 0.3) is 5.91 Å². The van der Waals surface area contributed by atoms with E-state index in [-0.39, 0.29) is 5.91 Å². The summed E-state index contributed by atoms with van der Waals surface area (Å²) in [5, 5.41) is 1.00. The van der Waals surface area contributed by atoms with Crippen molar-refractivity contribution in [3.05, 3.63) is 80.4 Å². The number of thiocarbonyl (C=S) groups is 1. The molecule has 0 bridgehead atoms. The van der Waals surface area contributed by atoms with E-state index in [2.05, 4.69) is 4.57 Å². The Morgan fingerprint density at radius 3 is 2.32 bits per heavy atom. The number of aromatic nitrogens is 1. The average molecular weight is 489 g/mol. The van der Waals surface area contributed by atoms with E-state index < -0.39 is 0 Å². The second-order valence-corrected chi connectivity index (χ2v) is 9.47. The molecule has 0 N–H and O–H groups in total. The Bertz CT molecular complexity index is 1230. The van der Waals surface area contributed by atoms with E-state index >= 15 is 0 Å². The monoisotopic (exact) mass is 488 g/mol. The maximum Gasteiger partial charge on any atom is 0.270 e. The number of halogens is 2. The van der Waals surface area contributed by atoms with E-state index in [1.165, 1.54) is 11.8 Å². The van der Waals surface area contributed by atoms with Gasteiger partial charge in [-0.3, -0.25) is 9.69 Å². The number of amides is 1. The Labute approximate surface area is 200 Å². The predicted molar refractivity (Wildman–Crippen MR) is 134 cm³/mol. The SMILES string of the molecule is COc1ccc(N2C(=O)C(=Cc3cc(C)n(-c4ccc(Cl)c(Cl)c4)c3C)SC2=S)cc1. The molecule has 0 saturated carbocycles. The lowest BCUT2D eigenvalue weighted by Crippen LogP contribution is -2.27. The Kier molecular flexibility index (Phi) is 6.17. The molecule has 1 aliphatic heterocycles. The molecule has 2 aromatic carbocycles. The molecule has 8 heteroatoms. The molecule has 0 spiro atoms. The van der Waals surface area contributed by atoms with E-state index in [4.69, 9.17) is 40.2 Å². The number of hydrogen-bond donors (Lipinski definition) is 0. The van der Waals surface area contributed by atoms with E-state index in [1.54, 1.807) is 18.1 Å². The molecule has 4 rings (SSSR count). The Balaban J connectivity index is 1.68. The van der Waals surface area contributed by atoms with Gasteiger partial charge in [-0.15, -0.1) is 0 Å². The van der Waals surface area contributed by atoms with Gasteiger partial charge in [0.1, 0.15) is 5.75 Å². The van der Waals surface area contributed by atoms with Crippen LogP contribution in [-0.4, -0.2) is 21.9 Å². The average Bonchev–Trinajstić information content (AvgIpc) is 3.18. The number of nitrogens with zero attached hydrogens (tertiary/aromatic N) is 2. The quantitative estimate of drug-likeness (QED) is 0.298. The molecule has 1 saturated heterocycles. The lowest BCUT2D eigenvalue weighted by atomic mass is 10.2. The molecular formula is C23H18Cl2N2O2S2. The fourth-order valence-electron chi connectivity index (χ4n) is 3.52. The number of benzene rings is 2. The predicted octanol–water partition coefficient (Wildman–Crippen LogP) is 6.82. The summed E-state index contributed by atoms with van der Waals surface area (Å²) in [5.74, 6) is 0.582. The largest absolute Gasteiger partial charge is 0.497 e. The van der Waals surface area contributed by atoms with Crippen LogP contribution in [0, 0.1) is 13.8 Å². The second-order valence-electron chi connectivity index (χ2n) is 6.98. The third-order valence-electron chi connectivity index (χ3n) is 5.04. The van der Waals surface area contributed by atoms with E-state index in [9.17, 15) is 4.79 Å². The van der Waals surface area contributed by atoms with E-state index in [0.717, 1.165) is 28.4 Å². The van der Waals surface area contributed by atoms with Gasteiger partial charge in [-0.05, 0) is 74.0 Å². The van der Waals surface area contributed by atoms with Crippen molar-refractivity contribution < 1.29 is 9.53 Å². The third kappa shape index (κ3) is 4.13. The second kappa shape index (κ2) is 8.71. The van der Waals surface area contributed by atoms with Crippen molar-refractivity contribution >= 4 is 69.2 Å². The number of aryl methyl sites for hydroxylation is 1. The van der Waals surface area contributed by atoms with Gasteiger partial charge < -0.3 is 9.30 Å². The van der Waals surface area contributed by atoms with Gasteiger partial charge in [-0.25, -0.2) is 0 Å². The maximum atomic E-state index is 13.1. The summed E-state index contributed by atoms with van der Waals surface area (Å²) in [6, 6.07) is 14.8. The zero-order chi connectivity index (χ0) is 22.3. The topological polar surface area (TPSA) is 34.5 Å². The van der Waals surface area contributed by atoms with Gasteiger partial charge in [-0.2, -0.15) is 0 Å². The molecule has 2 heterocycles. The number of methoxy groups -OCH3 is 1. The highest BCUT2D eigenvalue weighted by molar-refractivity contribution is 8.27. The first-order chi connectivity index (χ1) is 14.8. The number of thioether (sulfide) groups is 1. The standard InChI is InChI=1S/C23H18Cl2N2O2S2/c1-13-10-15(14(2)26(13)17-6-9-19(24)20(25)12-17)11-21-22(28)27(23(30)31-21)16-4-7-18(29-3)8-5-16/h4-12H,1-3H3. The molecule has 1 aliphatic rings. The van der Waals surface area contributed by atoms with Gasteiger partial charge in [0, 0.05) is 17.1 Å². The molecule has 4 nitrogen and oxygen atoms in total. The zero-order valence-electron chi connectivity index (χ0n) is 17.0. The van der Waals surface area contributed by atoms with Crippen molar-refractivity contribution in [3.8, 4) is 11.4 Å². The molecule has 0 radical (unpaired) electrons. The number of carbonyl (C=O) groups is 1. The summed E-state index contributed by atoms with van der Waals surface area (Å²) >= 11 is 19.1. The first kappa shape index (κ1) is 22.0. The van der Waals surface area contributed by atoms with Gasteiger partial charge >= 0.3 is 0 Å². The zero-order valence-corrected chi connectivity index (χ0v) is 20.1. The maximum absolute atomic E-state index is 13.1. The van der Waals surface area contributed by atoms with Crippen LogP contribution in [0.2, 0.25) is 10.0 Å². The van der Waals surface area contributed by atoms with Crippen LogP contribution in [0.1, 0.15) is 17.0 Å². The molecule has 0 atom stereocenters. The van der Waals surface area contributed by atoms with Crippen LogP contribution in [0.15, 0.2) is 53.4 Å². The van der Waals surface area contributed by atoms with Crippen molar-refractivity contribution in [1.82, 2.24) is 4.57 Å². The van der Waals surface area contributed by atoms with Crippen molar-refractivity contribution in [2.45, 2.75) is 13.8 Å².